The third kappa shape index (κ3) is 4.11. The Bertz CT molecular complexity index is 673. The summed E-state index contributed by atoms with van der Waals surface area (Å²) in [6.45, 7) is 0.00623. The lowest BCUT2D eigenvalue weighted by atomic mass is 10.2. The zero-order valence-electron chi connectivity index (χ0n) is 11.5. The Balaban J connectivity index is 2.18. The predicted molar refractivity (Wildman–Crippen MR) is 77.7 cm³/mol. The molecule has 0 unspecified atom stereocenters. The molecule has 116 valence electrons. The number of nitrogens with zero attached hydrogens (tertiary/aromatic N) is 1. The first-order chi connectivity index (χ1) is 10.5. The minimum absolute atomic E-state index is 0.00887. The van der Waals surface area contributed by atoms with E-state index in [-0.39, 0.29) is 25.4 Å². The number of carbonyl (C=O) groups excluding carboxylic acids is 1. The Morgan fingerprint density at radius 1 is 1.18 bits per heavy atom. The maximum atomic E-state index is 13.2. The average molecular weight is 325 g/mol. The number of carboxylic acid groups (broad SMARTS) is 1. The molecule has 0 radical (unpaired) electrons. The van der Waals surface area contributed by atoms with Crippen LogP contribution in [0.5, 0.6) is 0 Å². The Kier molecular flexibility index (Phi) is 5.21. The molecule has 22 heavy (non-hydrogen) atoms. The summed E-state index contributed by atoms with van der Waals surface area (Å²) in [5, 5.41) is 10.5. The molecule has 0 aliphatic carbocycles. The van der Waals surface area contributed by atoms with Crippen LogP contribution in [0.1, 0.15) is 21.7 Å². The molecule has 1 aromatic heterocycles. The molecule has 1 aromatic carbocycles. The average Bonchev–Trinajstić information content (AvgIpc) is 3.00. The summed E-state index contributed by atoms with van der Waals surface area (Å²) in [6.07, 6.45) is -0.221. The fourth-order valence-electron chi connectivity index (χ4n) is 1.90. The summed E-state index contributed by atoms with van der Waals surface area (Å²) in [6, 6.07) is 6.70. The van der Waals surface area contributed by atoms with E-state index in [0.29, 0.717) is 10.4 Å². The van der Waals surface area contributed by atoms with E-state index in [1.165, 1.54) is 22.3 Å². The van der Waals surface area contributed by atoms with Crippen molar-refractivity contribution in [1.82, 2.24) is 4.90 Å². The lowest BCUT2D eigenvalue weighted by molar-refractivity contribution is -0.137. The number of benzene rings is 1. The van der Waals surface area contributed by atoms with Gasteiger partial charge in [-0.05, 0) is 29.1 Å². The number of aliphatic carboxylic acids is 1. The number of hydrogen-bond acceptors (Lipinski definition) is 3. The maximum absolute atomic E-state index is 13.2. The first-order valence-corrected chi connectivity index (χ1v) is 7.34. The minimum atomic E-state index is -1.03. The van der Waals surface area contributed by atoms with Crippen LogP contribution in [0, 0.1) is 11.6 Å². The number of carboxylic acids is 1. The van der Waals surface area contributed by atoms with Crippen LogP contribution in [-0.2, 0) is 11.3 Å². The number of hydrogen-bond donors (Lipinski definition) is 1. The van der Waals surface area contributed by atoms with Crippen LogP contribution < -0.4 is 0 Å². The van der Waals surface area contributed by atoms with E-state index in [1.807, 2.05) is 0 Å². The van der Waals surface area contributed by atoms with Crippen LogP contribution in [0.3, 0.4) is 0 Å². The first-order valence-electron chi connectivity index (χ1n) is 6.46. The SMILES string of the molecule is O=C(O)CCN(Cc1ccc(F)c(F)c1)C(=O)c1cccs1. The second kappa shape index (κ2) is 7.13. The van der Waals surface area contributed by atoms with E-state index < -0.39 is 17.6 Å². The van der Waals surface area contributed by atoms with Crippen molar-refractivity contribution in [3.05, 3.63) is 57.8 Å². The summed E-state index contributed by atoms with van der Waals surface area (Å²) in [4.78, 5) is 24.8. The van der Waals surface area contributed by atoms with Crippen molar-refractivity contribution < 1.29 is 23.5 Å². The van der Waals surface area contributed by atoms with Crippen LogP contribution in [0.15, 0.2) is 35.7 Å². The number of halogens is 2. The lowest BCUT2D eigenvalue weighted by Crippen LogP contribution is -2.32. The highest BCUT2D eigenvalue weighted by Crippen LogP contribution is 2.16. The van der Waals surface area contributed by atoms with Crippen molar-refractivity contribution in [2.75, 3.05) is 6.54 Å². The van der Waals surface area contributed by atoms with Crippen molar-refractivity contribution in [3.63, 3.8) is 0 Å². The van der Waals surface area contributed by atoms with Gasteiger partial charge in [-0.2, -0.15) is 0 Å². The normalized spacial score (nSPS) is 10.5. The zero-order valence-corrected chi connectivity index (χ0v) is 12.3. The first kappa shape index (κ1) is 16.1. The Hall–Kier alpha value is -2.28. The van der Waals surface area contributed by atoms with Crippen molar-refractivity contribution >= 4 is 23.2 Å². The highest BCUT2D eigenvalue weighted by atomic mass is 32.1. The zero-order chi connectivity index (χ0) is 16.1. The number of thiophene rings is 1. The molecule has 2 aromatic rings. The lowest BCUT2D eigenvalue weighted by Gasteiger charge is -2.21. The molecule has 7 heteroatoms. The standard InChI is InChI=1S/C15H13F2NO3S/c16-11-4-3-10(8-12(11)17)9-18(6-5-14(19)20)15(21)13-2-1-7-22-13/h1-4,7-8H,5-6,9H2,(H,19,20). The highest BCUT2D eigenvalue weighted by Gasteiger charge is 2.18. The van der Waals surface area contributed by atoms with Gasteiger partial charge < -0.3 is 10.0 Å². The molecular weight excluding hydrogens is 312 g/mol. The Labute approximate surface area is 129 Å². The van der Waals surface area contributed by atoms with Gasteiger partial charge in [0.25, 0.3) is 5.91 Å². The molecule has 0 aliphatic rings. The topological polar surface area (TPSA) is 57.6 Å². The number of amides is 1. The molecule has 1 amide bonds. The van der Waals surface area contributed by atoms with Gasteiger partial charge >= 0.3 is 5.97 Å². The van der Waals surface area contributed by atoms with Crippen molar-refractivity contribution in [1.29, 1.82) is 0 Å². The summed E-state index contributed by atoms with van der Waals surface area (Å²) in [5.74, 6) is -3.33. The van der Waals surface area contributed by atoms with Gasteiger partial charge in [-0.25, -0.2) is 8.78 Å². The predicted octanol–water partition coefficient (Wildman–Crippen LogP) is 3.14. The van der Waals surface area contributed by atoms with E-state index in [1.54, 1.807) is 17.5 Å². The third-order valence-electron chi connectivity index (χ3n) is 2.97. The van der Waals surface area contributed by atoms with Crippen LogP contribution in [0.4, 0.5) is 8.78 Å². The molecule has 0 atom stereocenters. The van der Waals surface area contributed by atoms with E-state index in [4.69, 9.17) is 5.11 Å². The van der Waals surface area contributed by atoms with Crippen molar-refractivity contribution in [2.24, 2.45) is 0 Å². The number of carbonyl (C=O) groups is 2. The van der Waals surface area contributed by atoms with Crippen LogP contribution >= 0.6 is 11.3 Å². The van der Waals surface area contributed by atoms with Crippen LogP contribution in [0.2, 0.25) is 0 Å². The van der Waals surface area contributed by atoms with Gasteiger partial charge in [-0.1, -0.05) is 12.1 Å². The molecule has 0 saturated carbocycles. The van der Waals surface area contributed by atoms with Crippen molar-refractivity contribution in [2.45, 2.75) is 13.0 Å². The fraction of sp³-hybridized carbons (Fsp3) is 0.200. The molecule has 0 spiro atoms. The smallest absolute Gasteiger partial charge is 0.305 e. The van der Waals surface area contributed by atoms with Gasteiger partial charge in [-0.15, -0.1) is 11.3 Å². The van der Waals surface area contributed by atoms with Gasteiger partial charge in [0.05, 0.1) is 11.3 Å². The summed E-state index contributed by atoms with van der Waals surface area (Å²) in [5.41, 5.74) is 0.397. The molecule has 1 N–H and O–H groups in total. The second-order valence-corrected chi connectivity index (χ2v) is 5.54. The second-order valence-electron chi connectivity index (χ2n) is 4.60. The van der Waals surface area contributed by atoms with Gasteiger partial charge in [-0.3, -0.25) is 9.59 Å². The molecule has 4 nitrogen and oxygen atoms in total. The van der Waals surface area contributed by atoms with Gasteiger partial charge in [0.15, 0.2) is 11.6 Å². The maximum Gasteiger partial charge on any atom is 0.305 e. The van der Waals surface area contributed by atoms with Gasteiger partial charge in [0, 0.05) is 13.1 Å². The Morgan fingerprint density at radius 2 is 1.95 bits per heavy atom. The molecule has 0 bridgehead atoms. The molecule has 0 saturated heterocycles. The van der Waals surface area contributed by atoms with Gasteiger partial charge in [0.2, 0.25) is 0 Å². The quantitative estimate of drug-likeness (QED) is 0.887. The summed E-state index contributed by atoms with van der Waals surface area (Å²) in [7, 11) is 0. The summed E-state index contributed by atoms with van der Waals surface area (Å²) >= 11 is 1.24. The largest absolute Gasteiger partial charge is 0.481 e. The summed E-state index contributed by atoms with van der Waals surface area (Å²) < 4.78 is 26.2. The molecule has 1 heterocycles. The van der Waals surface area contributed by atoms with Gasteiger partial charge in [0.1, 0.15) is 0 Å². The molecular formula is C15H13F2NO3S. The molecule has 0 aliphatic heterocycles. The van der Waals surface area contributed by atoms with E-state index >= 15 is 0 Å². The fourth-order valence-corrected chi connectivity index (χ4v) is 2.59. The molecule has 2 rings (SSSR count). The third-order valence-corrected chi connectivity index (χ3v) is 3.83. The van der Waals surface area contributed by atoms with E-state index in [2.05, 4.69) is 0 Å². The van der Waals surface area contributed by atoms with E-state index in [9.17, 15) is 18.4 Å². The van der Waals surface area contributed by atoms with Crippen LogP contribution in [0.25, 0.3) is 0 Å². The molecule has 0 fully saturated rings. The highest BCUT2D eigenvalue weighted by molar-refractivity contribution is 7.12. The van der Waals surface area contributed by atoms with E-state index in [0.717, 1.165) is 12.1 Å². The Morgan fingerprint density at radius 3 is 2.55 bits per heavy atom. The van der Waals surface area contributed by atoms with Crippen molar-refractivity contribution in [3.8, 4) is 0 Å². The minimum Gasteiger partial charge on any atom is -0.481 e. The monoisotopic (exact) mass is 325 g/mol. The number of rotatable bonds is 6. The van der Waals surface area contributed by atoms with Crippen LogP contribution in [-0.4, -0.2) is 28.4 Å².